The highest BCUT2D eigenvalue weighted by Gasteiger charge is 2.18. The summed E-state index contributed by atoms with van der Waals surface area (Å²) >= 11 is 0. The standard InChI is InChI=1S/C14H23N5O/c1-19(12-5-4-8-15-10-7-12)11-14(20)18-17-13-6-2-3-9-16-13/h2-3,6,9,12,15H,4-5,7-8,10-11H2,1H3,(H,16,17)(H,18,20). The number of nitrogens with one attached hydrogen (secondary N) is 3. The summed E-state index contributed by atoms with van der Waals surface area (Å²) in [5, 5.41) is 3.38. The zero-order valence-electron chi connectivity index (χ0n) is 11.9. The van der Waals surface area contributed by atoms with Gasteiger partial charge in [-0.2, -0.15) is 0 Å². The molecular weight excluding hydrogens is 254 g/mol. The number of aromatic nitrogens is 1. The summed E-state index contributed by atoms with van der Waals surface area (Å²) in [6.07, 6.45) is 5.09. The predicted molar refractivity (Wildman–Crippen MR) is 79.1 cm³/mol. The molecule has 2 rings (SSSR count). The third-order valence-electron chi connectivity index (χ3n) is 3.56. The minimum atomic E-state index is -0.0460. The van der Waals surface area contributed by atoms with E-state index < -0.39 is 0 Å². The summed E-state index contributed by atoms with van der Waals surface area (Å²) < 4.78 is 0. The van der Waals surface area contributed by atoms with Crippen LogP contribution >= 0.6 is 0 Å². The van der Waals surface area contributed by atoms with Crippen molar-refractivity contribution in [2.75, 3.05) is 32.1 Å². The van der Waals surface area contributed by atoms with E-state index in [1.165, 1.54) is 6.42 Å². The zero-order valence-corrected chi connectivity index (χ0v) is 11.9. The largest absolute Gasteiger partial charge is 0.317 e. The average Bonchev–Trinajstić information content (AvgIpc) is 2.75. The number of carbonyl (C=O) groups excluding carboxylic acids is 1. The van der Waals surface area contributed by atoms with Crippen LogP contribution in [0.4, 0.5) is 5.82 Å². The van der Waals surface area contributed by atoms with Crippen LogP contribution in [0.3, 0.4) is 0 Å². The lowest BCUT2D eigenvalue weighted by Crippen LogP contribution is -2.42. The van der Waals surface area contributed by atoms with Gasteiger partial charge in [0, 0.05) is 12.2 Å². The minimum absolute atomic E-state index is 0.0460. The molecule has 1 aromatic rings. The van der Waals surface area contributed by atoms with Gasteiger partial charge in [0.1, 0.15) is 5.82 Å². The average molecular weight is 277 g/mol. The maximum absolute atomic E-state index is 11.9. The zero-order chi connectivity index (χ0) is 14.2. The summed E-state index contributed by atoms with van der Waals surface area (Å²) in [6, 6.07) is 5.99. The number of hydrogen-bond acceptors (Lipinski definition) is 5. The number of hydrazine groups is 1. The normalized spacial score (nSPS) is 19.4. The first-order valence-corrected chi connectivity index (χ1v) is 7.12. The van der Waals surface area contributed by atoms with Crippen molar-refractivity contribution in [2.24, 2.45) is 0 Å². The lowest BCUT2D eigenvalue weighted by molar-refractivity contribution is -0.122. The van der Waals surface area contributed by atoms with Gasteiger partial charge in [0.25, 0.3) is 5.91 Å². The molecule has 1 amide bonds. The van der Waals surface area contributed by atoms with E-state index in [9.17, 15) is 4.79 Å². The molecule has 2 heterocycles. The van der Waals surface area contributed by atoms with Crippen molar-refractivity contribution in [3.05, 3.63) is 24.4 Å². The Bertz CT molecular complexity index is 403. The number of pyridine rings is 1. The van der Waals surface area contributed by atoms with E-state index >= 15 is 0 Å². The Labute approximate surface area is 119 Å². The van der Waals surface area contributed by atoms with Gasteiger partial charge in [-0.3, -0.25) is 20.5 Å². The molecule has 1 saturated heterocycles. The number of hydrogen-bond donors (Lipinski definition) is 3. The van der Waals surface area contributed by atoms with Gasteiger partial charge in [0.15, 0.2) is 0 Å². The van der Waals surface area contributed by atoms with E-state index in [-0.39, 0.29) is 5.91 Å². The van der Waals surface area contributed by atoms with Gasteiger partial charge in [0.2, 0.25) is 0 Å². The smallest absolute Gasteiger partial charge is 0.252 e. The molecule has 0 radical (unpaired) electrons. The monoisotopic (exact) mass is 277 g/mol. The van der Waals surface area contributed by atoms with Crippen LogP contribution in [0.2, 0.25) is 0 Å². The fraction of sp³-hybridized carbons (Fsp3) is 0.571. The van der Waals surface area contributed by atoms with Crippen LogP contribution in [0.1, 0.15) is 19.3 Å². The van der Waals surface area contributed by atoms with Crippen molar-refractivity contribution in [2.45, 2.75) is 25.3 Å². The number of nitrogens with zero attached hydrogens (tertiary/aromatic N) is 2. The molecule has 1 aliphatic rings. The van der Waals surface area contributed by atoms with E-state index in [0.29, 0.717) is 18.4 Å². The fourth-order valence-electron chi connectivity index (χ4n) is 2.41. The summed E-state index contributed by atoms with van der Waals surface area (Å²) in [7, 11) is 2.01. The molecule has 110 valence electrons. The van der Waals surface area contributed by atoms with Gasteiger partial charge < -0.3 is 5.32 Å². The van der Waals surface area contributed by atoms with Crippen LogP contribution in [0, 0.1) is 0 Å². The Balaban J connectivity index is 1.73. The molecule has 1 aromatic heterocycles. The second-order valence-electron chi connectivity index (χ2n) is 5.14. The van der Waals surface area contributed by atoms with E-state index in [1.54, 1.807) is 12.3 Å². The van der Waals surface area contributed by atoms with Gasteiger partial charge in [0.05, 0.1) is 6.54 Å². The molecule has 20 heavy (non-hydrogen) atoms. The highest BCUT2D eigenvalue weighted by molar-refractivity contribution is 5.79. The van der Waals surface area contributed by atoms with Gasteiger partial charge >= 0.3 is 0 Å². The molecule has 0 aromatic carbocycles. The first kappa shape index (κ1) is 14.7. The van der Waals surface area contributed by atoms with Crippen LogP contribution in [0.25, 0.3) is 0 Å². The lowest BCUT2D eigenvalue weighted by atomic mass is 10.1. The van der Waals surface area contributed by atoms with Gasteiger partial charge in [-0.15, -0.1) is 0 Å². The van der Waals surface area contributed by atoms with Gasteiger partial charge in [-0.25, -0.2) is 4.98 Å². The fourth-order valence-corrected chi connectivity index (χ4v) is 2.41. The molecule has 0 bridgehead atoms. The number of likely N-dealkylation sites (N-methyl/N-ethyl adjacent to an activating group) is 1. The van der Waals surface area contributed by atoms with E-state index in [4.69, 9.17) is 0 Å². The molecule has 1 unspecified atom stereocenters. The summed E-state index contributed by atoms with van der Waals surface area (Å²) in [5.74, 6) is 0.595. The van der Waals surface area contributed by atoms with Crippen LogP contribution in [0.15, 0.2) is 24.4 Å². The predicted octanol–water partition coefficient (Wildman–Crippen LogP) is 0.599. The first-order valence-electron chi connectivity index (χ1n) is 7.12. The van der Waals surface area contributed by atoms with Crippen LogP contribution in [0.5, 0.6) is 0 Å². The Morgan fingerprint density at radius 2 is 2.35 bits per heavy atom. The second-order valence-corrected chi connectivity index (χ2v) is 5.14. The quantitative estimate of drug-likeness (QED) is 0.688. The van der Waals surface area contributed by atoms with Crippen molar-refractivity contribution >= 4 is 11.7 Å². The van der Waals surface area contributed by atoms with E-state index in [2.05, 4.69) is 26.1 Å². The number of carbonyl (C=O) groups is 1. The van der Waals surface area contributed by atoms with Gasteiger partial charge in [-0.1, -0.05) is 6.07 Å². The Kier molecular flexibility index (Phi) is 5.76. The van der Waals surface area contributed by atoms with Crippen LogP contribution in [-0.2, 0) is 4.79 Å². The van der Waals surface area contributed by atoms with Crippen LogP contribution < -0.4 is 16.2 Å². The third-order valence-corrected chi connectivity index (χ3v) is 3.56. The summed E-state index contributed by atoms with van der Waals surface area (Å²) in [4.78, 5) is 18.1. The molecule has 3 N–H and O–H groups in total. The molecule has 1 fully saturated rings. The molecule has 0 saturated carbocycles. The molecular formula is C14H23N5O. The van der Waals surface area contributed by atoms with Crippen molar-refractivity contribution in [3.8, 4) is 0 Å². The topological polar surface area (TPSA) is 69.3 Å². The van der Waals surface area contributed by atoms with Crippen molar-refractivity contribution < 1.29 is 4.79 Å². The minimum Gasteiger partial charge on any atom is -0.317 e. The van der Waals surface area contributed by atoms with Crippen molar-refractivity contribution in [1.29, 1.82) is 0 Å². The first-order chi connectivity index (χ1) is 9.75. The lowest BCUT2D eigenvalue weighted by Gasteiger charge is -2.26. The summed E-state index contributed by atoms with van der Waals surface area (Å²) in [6.45, 7) is 2.51. The molecule has 1 aliphatic heterocycles. The third kappa shape index (κ3) is 4.79. The molecule has 0 aliphatic carbocycles. The molecule has 0 spiro atoms. The summed E-state index contributed by atoms with van der Waals surface area (Å²) in [5.41, 5.74) is 5.49. The highest BCUT2D eigenvalue weighted by Crippen LogP contribution is 2.11. The maximum Gasteiger partial charge on any atom is 0.252 e. The maximum atomic E-state index is 11.9. The Morgan fingerprint density at radius 3 is 3.15 bits per heavy atom. The van der Waals surface area contributed by atoms with Crippen molar-refractivity contribution in [1.82, 2.24) is 20.6 Å². The Morgan fingerprint density at radius 1 is 1.45 bits per heavy atom. The van der Waals surface area contributed by atoms with E-state index in [0.717, 1.165) is 25.9 Å². The molecule has 6 nitrogen and oxygen atoms in total. The SMILES string of the molecule is CN(CC(=O)NNc1ccccn1)C1CCCNCC1. The second kappa shape index (κ2) is 7.81. The van der Waals surface area contributed by atoms with Crippen LogP contribution in [-0.4, -0.2) is 48.5 Å². The molecule has 6 heteroatoms. The van der Waals surface area contributed by atoms with E-state index in [1.807, 2.05) is 19.2 Å². The number of amides is 1. The molecule has 1 atom stereocenters. The number of rotatable bonds is 5. The van der Waals surface area contributed by atoms with Gasteiger partial charge in [-0.05, 0) is 51.5 Å². The highest BCUT2D eigenvalue weighted by atomic mass is 16.2. The number of anilines is 1. The Hall–Kier alpha value is -1.66. The van der Waals surface area contributed by atoms with Crippen molar-refractivity contribution in [3.63, 3.8) is 0 Å².